The van der Waals surface area contributed by atoms with Gasteiger partial charge in [0, 0.05) is 54.3 Å². The summed E-state index contributed by atoms with van der Waals surface area (Å²) in [6, 6.07) is 18.6. The lowest BCUT2D eigenvalue weighted by Gasteiger charge is -2.21. The van der Waals surface area contributed by atoms with Crippen LogP contribution in [0.1, 0.15) is 39.0 Å². The normalized spacial score (nSPS) is 13.5. The molecule has 2 aromatic carbocycles. The molecule has 0 fully saturated rings. The summed E-state index contributed by atoms with van der Waals surface area (Å²) in [6.07, 6.45) is 7.17. The summed E-state index contributed by atoms with van der Waals surface area (Å²) in [5.41, 5.74) is 11.5. The number of aromatic nitrogens is 2. The Hall–Kier alpha value is -4.78. The molecule has 1 amide bonds. The number of likely N-dealkylation sites (N-methyl/N-ethyl adjacent to an activating group) is 2. The number of nitrogens with two attached hydrogens (primary N) is 1. The standard InChI is InChI=1S/C35H40N6O3/c1-7-23(2)33(37)35(43)44-24(3)41-22-31(27-13-8-11-25(17-27)20-36)30-19-28(21-38-34(30)41)26-12-9-14-29(18-26)40(6)32(42)15-10-16-39(4)5/h8-15,17-19,21-24,33H,7,16,37H2,1-6H3/b15-10+. The molecule has 2 heterocycles. The molecule has 2 aromatic heterocycles. The van der Waals surface area contributed by atoms with E-state index in [4.69, 9.17) is 15.5 Å². The lowest BCUT2D eigenvalue weighted by atomic mass is 10.0. The van der Waals surface area contributed by atoms with Gasteiger partial charge in [0.1, 0.15) is 11.7 Å². The minimum Gasteiger partial charge on any atom is -0.440 e. The van der Waals surface area contributed by atoms with Crippen LogP contribution in [0.15, 0.2) is 79.1 Å². The number of fused-ring (bicyclic) bond motifs is 1. The molecule has 9 heteroatoms. The Balaban J connectivity index is 1.75. The molecule has 2 N–H and O–H groups in total. The average molecular weight is 593 g/mol. The molecular weight excluding hydrogens is 552 g/mol. The number of pyridine rings is 1. The van der Waals surface area contributed by atoms with Crippen LogP contribution in [-0.2, 0) is 14.3 Å². The molecule has 228 valence electrons. The SMILES string of the molecule is CCC(C)C(N)C(=O)OC(C)n1cc(-c2cccc(C#N)c2)c2cc(-c3cccc(N(C)C(=O)/C=C/CN(C)C)c3)cnc21. The Morgan fingerprint density at radius 2 is 1.80 bits per heavy atom. The molecule has 0 saturated carbocycles. The lowest BCUT2D eigenvalue weighted by Crippen LogP contribution is -2.38. The van der Waals surface area contributed by atoms with E-state index in [9.17, 15) is 14.9 Å². The molecule has 3 atom stereocenters. The summed E-state index contributed by atoms with van der Waals surface area (Å²) in [6.45, 7) is 6.37. The molecule has 4 rings (SSSR count). The zero-order valence-corrected chi connectivity index (χ0v) is 26.2. The fourth-order valence-corrected chi connectivity index (χ4v) is 4.84. The van der Waals surface area contributed by atoms with Crippen molar-refractivity contribution in [1.82, 2.24) is 14.5 Å². The van der Waals surface area contributed by atoms with E-state index < -0.39 is 18.2 Å². The molecule has 3 unspecified atom stereocenters. The smallest absolute Gasteiger partial charge is 0.325 e. The van der Waals surface area contributed by atoms with Gasteiger partial charge in [-0.25, -0.2) is 4.98 Å². The van der Waals surface area contributed by atoms with Gasteiger partial charge in [-0.3, -0.25) is 14.2 Å². The number of carbonyl (C=O) groups is 2. The van der Waals surface area contributed by atoms with Crippen molar-refractivity contribution < 1.29 is 14.3 Å². The number of anilines is 1. The number of ether oxygens (including phenoxy) is 1. The van der Waals surface area contributed by atoms with Gasteiger partial charge in [-0.15, -0.1) is 0 Å². The molecule has 44 heavy (non-hydrogen) atoms. The highest BCUT2D eigenvalue weighted by Crippen LogP contribution is 2.35. The van der Waals surface area contributed by atoms with E-state index in [1.807, 2.05) is 98.2 Å². The number of benzene rings is 2. The fourth-order valence-electron chi connectivity index (χ4n) is 4.84. The third-order valence-corrected chi connectivity index (χ3v) is 7.81. The van der Waals surface area contributed by atoms with Gasteiger partial charge in [0.05, 0.1) is 11.6 Å². The summed E-state index contributed by atoms with van der Waals surface area (Å²) < 4.78 is 7.62. The van der Waals surface area contributed by atoms with Crippen molar-refractivity contribution in [2.75, 3.05) is 32.6 Å². The zero-order chi connectivity index (χ0) is 32.0. The topological polar surface area (TPSA) is 117 Å². The largest absolute Gasteiger partial charge is 0.440 e. The Morgan fingerprint density at radius 3 is 2.50 bits per heavy atom. The Morgan fingerprint density at radius 1 is 1.07 bits per heavy atom. The van der Waals surface area contributed by atoms with E-state index in [0.717, 1.165) is 39.7 Å². The second-order valence-corrected chi connectivity index (χ2v) is 11.3. The maximum absolute atomic E-state index is 12.8. The van der Waals surface area contributed by atoms with Crippen molar-refractivity contribution in [3.05, 3.63) is 84.7 Å². The van der Waals surface area contributed by atoms with E-state index in [-0.39, 0.29) is 11.8 Å². The van der Waals surface area contributed by atoms with E-state index in [1.54, 1.807) is 37.2 Å². The van der Waals surface area contributed by atoms with E-state index in [0.29, 0.717) is 17.8 Å². The Labute approximate surface area is 259 Å². The third kappa shape index (κ3) is 7.22. The second-order valence-electron chi connectivity index (χ2n) is 11.3. The number of carbonyl (C=O) groups excluding carboxylic acids is 2. The summed E-state index contributed by atoms with van der Waals surface area (Å²) in [5.74, 6) is -0.600. The first-order valence-corrected chi connectivity index (χ1v) is 14.7. The maximum atomic E-state index is 12.8. The molecule has 0 bridgehead atoms. The maximum Gasteiger partial charge on any atom is 0.325 e. The van der Waals surface area contributed by atoms with E-state index in [2.05, 4.69) is 6.07 Å². The minimum absolute atomic E-state index is 0.0137. The van der Waals surface area contributed by atoms with Crippen LogP contribution < -0.4 is 10.6 Å². The number of amides is 1. The Kier molecular flexibility index (Phi) is 10.3. The van der Waals surface area contributed by atoms with Crippen LogP contribution in [0, 0.1) is 17.2 Å². The van der Waals surface area contributed by atoms with Crippen molar-refractivity contribution in [3.63, 3.8) is 0 Å². The first-order chi connectivity index (χ1) is 21.0. The first kappa shape index (κ1) is 32.1. The predicted octanol–water partition coefficient (Wildman–Crippen LogP) is 5.76. The van der Waals surface area contributed by atoms with Gasteiger partial charge in [0.15, 0.2) is 6.23 Å². The van der Waals surface area contributed by atoms with Crippen molar-refractivity contribution in [2.45, 2.75) is 39.5 Å². The van der Waals surface area contributed by atoms with Crippen LogP contribution >= 0.6 is 0 Å². The predicted molar refractivity (Wildman–Crippen MR) is 175 cm³/mol. The van der Waals surface area contributed by atoms with Crippen molar-refractivity contribution in [3.8, 4) is 28.3 Å². The van der Waals surface area contributed by atoms with Crippen LogP contribution in [-0.4, -0.2) is 60.1 Å². The van der Waals surface area contributed by atoms with Gasteiger partial charge in [-0.1, -0.05) is 50.6 Å². The fraction of sp³-hybridized carbons (Fsp3) is 0.314. The molecule has 0 aliphatic carbocycles. The lowest BCUT2D eigenvalue weighted by molar-refractivity contribution is -0.155. The van der Waals surface area contributed by atoms with Crippen molar-refractivity contribution in [2.24, 2.45) is 11.7 Å². The number of nitrogens with zero attached hydrogens (tertiary/aromatic N) is 5. The highest BCUT2D eigenvalue weighted by atomic mass is 16.6. The van der Waals surface area contributed by atoms with Gasteiger partial charge in [0.2, 0.25) is 5.91 Å². The zero-order valence-electron chi connectivity index (χ0n) is 26.2. The summed E-state index contributed by atoms with van der Waals surface area (Å²) >= 11 is 0. The van der Waals surface area contributed by atoms with Gasteiger partial charge in [0.25, 0.3) is 0 Å². The highest BCUT2D eigenvalue weighted by molar-refractivity contribution is 6.01. The number of nitriles is 1. The molecule has 0 saturated heterocycles. The van der Waals surface area contributed by atoms with Crippen LogP contribution in [0.4, 0.5) is 5.69 Å². The molecule has 0 spiro atoms. The van der Waals surface area contributed by atoms with Crippen LogP contribution in [0.2, 0.25) is 0 Å². The Bertz CT molecular complexity index is 1720. The minimum atomic E-state index is -0.726. The first-order valence-electron chi connectivity index (χ1n) is 14.7. The molecule has 0 aliphatic rings. The summed E-state index contributed by atoms with van der Waals surface area (Å²) in [5, 5.41) is 10.4. The molecule has 0 aliphatic heterocycles. The third-order valence-electron chi connectivity index (χ3n) is 7.81. The van der Waals surface area contributed by atoms with Gasteiger partial charge < -0.3 is 20.3 Å². The van der Waals surface area contributed by atoms with E-state index in [1.165, 1.54) is 0 Å². The van der Waals surface area contributed by atoms with E-state index >= 15 is 0 Å². The quantitative estimate of drug-likeness (QED) is 0.174. The monoisotopic (exact) mass is 592 g/mol. The second kappa shape index (κ2) is 14.1. The number of hydrogen-bond donors (Lipinski definition) is 1. The molecular formula is C35H40N6O3. The molecule has 4 aromatic rings. The van der Waals surface area contributed by atoms with Crippen molar-refractivity contribution >= 4 is 28.6 Å². The molecule has 9 nitrogen and oxygen atoms in total. The average Bonchev–Trinajstić information content (AvgIpc) is 3.42. The summed E-state index contributed by atoms with van der Waals surface area (Å²) in [7, 11) is 5.64. The van der Waals surface area contributed by atoms with Crippen LogP contribution in [0.5, 0.6) is 0 Å². The van der Waals surface area contributed by atoms with Crippen molar-refractivity contribution in [1.29, 1.82) is 5.26 Å². The number of hydrogen-bond acceptors (Lipinski definition) is 7. The highest BCUT2D eigenvalue weighted by Gasteiger charge is 2.25. The summed E-state index contributed by atoms with van der Waals surface area (Å²) in [4.78, 5) is 34.0. The van der Waals surface area contributed by atoms with Gasteiger partial charge in [-0.05, 0) is 68.4 Å². The van der Waals surface area contributed by atoms with Gasteiger partial charge in [-0.2, -0.15) is 5.26 Å². The molecule has 0 radical (unpaired) electrons. The van der Waals surface area contributed by atoms with Crippen LogP contribution in [0.25, 0.3) is 33.3 Å². The number of esters is 1. The number of rotatable bonds is 11. The van der Waals surface area contributed by atoms with Gasteiger partial charge >= 0.3 is 5.97 Å². The van der Waals surface area contributed by atoms with Crippen LogP contribution in [0.3, 0.4) is 0 Å².